The minimum Gasteiger partial charge on any atom is -0.494 e. The second-order valence-corrected chi connectivity index (χ2v) is 8.50. The van der Waals surface area contributed by atoms with Gasteiger partial charge in [-0.05, 0) is 55.9 Å². The molecule has 3 atom stereocenters. The number of nitrogens with one attached hydrogen (secondary N) is 1. The van der Waals surface area contributed by atoms with Crippen LogP contribution in [0.1, 0.15) is 30.9 Å². The predicted molar refractivity (Wildman–Crippen MR) is 127 cm³/mol. The molecule has 0 radical (unpaired) electrons. The molecule has 1 saturated heterocycles. The molecule has 3 rings (SSSR count). The zero-order valence-electron chi connectivity index (χ0n) is 19.8. The Balaban J connectivity index is 1.65. The van der Waals surface area contributed by atoms with Crippen molar-refractivity contribution in [3.63, 3.8) is 0 Å². The summed E-state index contributed by atoms with van der Waals surface area (Å²) in [5.74, 6) is 0.0811. The second-order valence-electron chi connectivity index (χ2n) is 8.50. The number of carbonyl (C=O) groups excluding carboxylic acids is 1. The molecule has 1 heterocycles. The smallest absolute Gasteiger partial charge is 0.228 e. The van der Waals surface area contributed by atoms with Crippen LogP contribution in [0.3, 0.4) is 0 Å². The summed E-state index contributed by atoms with van der Waals surface area (Å²) in [6.07, 6.45) is 1.64. The van der Waals surface area contributed by atoms with Crippen LogP contribution in [0.5, 0.6) is 5.75 Å². The molecule has 34 heavy (non-hydrogen) atoms. The number of amides is 1. The highest BCUT2D eigenvalue weighted by molar-refractivity contribution is 5.80. The Hall–Kier alpha value is -2.49. The molecule has 1 aliphatic rings. The van der Waals surface area contributed by atoms with Gasteiger partial charge in [0.1, 0.15) is 5.75 Å². The number of nitrogens with zero attached hydrogens (tertiary/aromatic N) is 1. The first-order valence-electron chi connectivity index (χ1n) is 11.9. The Morgan fingerprint density at radius 1 is 1.18 bits per heavy atom. The average Bonchev–Trinajstić information content (AvgIpc) is 2.87. The average molecular weight is 473 g/mol. The molecule has 186 valence electrons. The third-order valence-electron chi connectivity index (χ3n) is 6.14. The van der Waals surface area contributed by atoms with Gasteiger partial charge in [0.25, 0.3) is 0 Å². The van der Waals surface area contributed by atoms with Gasteiger partial charge in [0.15, 0.2) is 0 Å². The van der Waals surface area contributed by atoms with Crippen LogP contribution in [-0.4, -0.2) is 66.2 Å². The van der Waals surface area contributed by atoms with E-state index in [-0.39, 0.29) is 18.6 Å². The maximum absolute atomic E-state index is 13.6. The van der Waals surface area contributed by atoms with E-state index >= 15 is 0 Å². The molecule has 1 amide bonds. The lowest BCUT2D eigenvalue weighted by Crippen LogP contribution is -2.53. The first kappa shape index (κ1) is 26.1. The lowest BCUT2D eigenvalue weighted by molar-refractivity contribution is -0.166. The number of ether oxygens (including phenoxy) is 2. The normalized spacial score (nSPS) is 17.9. The van der Waals surface area contributed by atoms with Gasteiger partial charge >= 0.3 is 0 Å². The molecule has 0 saturated carbocycles. The van der Waals surface area contributed by atoms with Gasteiger partial charge in [-0.15, -0.1) is 0 Å². The quantitative estimate of drug-likeness (QED) is 0.386. The summed E-state index contributed by atoms with van der Waals surface area (Å²) in [4.78, 5) is 20.2. The maximum Gasteiger partial charge on any atom is 0.228 e. The number of hydrogen-bond donors (Lipinski definition) is 3. The second kappa shape index (κ2) is 14.0. The Bertz CT molecular complexity index is 848. The van der Waals surface area contributed by atoms with E-state index in [0.717, 1.165) is 29.7 Å². The monoisotopic (exact) mass is 472 g/mol. The Morgan fingerprint density at radius 3 is 2.65 bits per heavy atom. The van der Waals surface area contributed by atoms with Crippen LogP contribution in [0.4, 0.5) is 0 Å². The number of hydrogen-bond acceptors (Lipinski definition) is 7. The first-order chi connectivity index (χ1) is 16.6. The first-order valence-corrected chi connectivity index (χ1v) is 11.9. The minimum absolute atomic E-state index is 0.0960. The van der Waals surface area contributed by atoms with E-state index in [2.05, 4.69) is 0 Å². The standard InChI is InChI=1S/C26H36N2O6/c1-2-33-23-13-11-20(12-14-23)9-6-10-24(25(29)19-34-27-31)26(30)28-15-16-32-18-22(28)17-21-7-4-3-5-8-21/h3-5,7-8,11-14,22,24-25,27,29,31H,2,6,9-10,15-19H2,1H3/t22-,24+,25+/m0/s1. The number of aliphatic hydroxyl groups excluding tert-OH is 1. The van der Waals surface area contributed by atoms with Gasteiger partial charge in [0, 0.05) is 6.54 Å². The fourth-order valence-corrected chi connectivity index (χ4v) is 4.38. The third kappa shape index (κ3) is 7.78. The number of aliphatic hydroxyl groups is 1. The molecular formula is C26H36N2O6. The summed E-state index contributed by atoms with van der Waals surface area (Å²) in [6, 6.07) is 17.9. The lowest BCUT2D eigenvalue weighted by Gasteiger charge is -2.38. The zero-order valence-corrected chi connectivity index (χ0v) is 19.8. The van der Waals surface area contributed by atoms with Crippen LogP contribution in [0, 0.1) is 5.92 Å². The summed E-state index contributed by atoms with van der Waals surface area (Å²) in [6.45, 7) is 3.80. The zero-order chi connectivity index (χ0) is 24.2. The van der Waals surface area contributed by atoms with Crippen molar-refractivity contribution in [1.29, 1.82) is 0 Å². The topological polar surface area (TPSA) is 100 Å². The Morgan fingerprint density at radius 2 is 1.94 bits per heavy atom. The van der Waals surface area contributed by atoms with Crippen molar-refractivity contribution < 1.29 is 29.4 Å². The van der Waals surface area contributed by atoms with E-state index in [0.29, 0.717) is 39.2 Å². The molecule has 0 bridgehead atoms. The molecular weight excluding hydrogens is 436 g/mol. The Labute approximate surface area is 201 Å². The van der Waals surface area contributed by atoms with Gasteiger partial charge in [0.2, 0.25) is 5.91 Å². The lowest BCUT2D eigenvalue weighted by atomic mass is 9.92. The van der Waals surface area contributed by atoms with E-state index in [1.54, 1.807) is 5.64 Å². The SMILES string of the molecule is CCOc1ccc(CCC[C@@H](C(=O)N2CCOC[C@@H]2Cc2ccccc2)[C@H](O)CONO)cc1. The maximum atomic E-state index is 13.6. The molecule has 0 aromatic heterocycles. The Kier molecular flexibility index (Phi) is 10.8. The highest BCUT2D eigenvalue weighted by Gasteiger charge is 2.35. The van der Waals surface area contributed by atoms with Crippen molar-refractivity contribution >= 4 is 5.91 Å². The highest BCUT2D eigenvalue weighted by atomic mass is 16.8. The predicted octanol–water partition coefficient (Wildman–Crippen LogP) is 2.77. The van der Waals surface area contributed by atoms with E-state index in [1.165, 1.54) is 0 Å². The number of carbonyl (C=O) groups is 1. The fraction of sp³-hybridized carbons (Fsp3) is 0.500. The van der Waals surface area contributed by atoms with Gasteiger partial charge in [-0.25, -0.2) is 0 Å². The van der Waals surface area contributed by atoms with Crippen molar-refractivity contribution in [2.45, 2.75) is 44.8 Å². The minimum atomic E-state index is -1.05. The molecule has 0 spiro atoms. The van der Waals surface area contributed by atoms with Crippen molar-refractivity contribution in [1.82, 2.24) is 10.5 Å². The molecule has 1 aliphatic heterocycles. The van der Waals surface area contributed by atoms with Crippen molar-refractivity contribution in [3.8, 4) is 5.75 Å². The van der Waals surface area contributed by atoms with Gasteiger partial charge in [0.05, 0.1) is 44.5 Å². The van der Waals surface area contributed by atoms with Crippen LogP contribution in [0.2, 0.25) is 0 Å². The van der Waals surface area contributed by atoms with E-state index in [9.17, 15) is 9.90 Å². The summed E-state index contributed by atoms with van der Waals surface area (Å²) in [5.41, 5.74) is 3.87. The van der Waals surface area contributed by atoms with Gasteiger partial charge < -0.3 is 19.5 Å². The van der Waals surface area contributed by atoms with Crippen LogP contribution < -0.4 is 10.4 Å². The summed E-state index contributed by atoms with van der Waals surface area (Å²) < 4.78 is 11.2. The molecule has 3 N–H and O–H groups in total. The molecule has 8 heteroatoms. The fourth-order valence-electron chi connectivity index (χ4n) is 4.38. The van der Waals surface area contributed by atoms with Crippen LogP contribution >= 0.6 is 0 Å². The molecule has 8 nitrogen and oxygen atoms in total. The van der Waals surface area contributed by atoms with Crippen LogP contribution in [0.25, 0.3) is 0 Å². The van der Waals surface area contributed by atoms with E-state index in [4.69, 9.17) is 19.5 Å². The number of rotatable bonds is 13. The van der Waals surface area contributed by atoms with E-state index < -0.39 is 12.0 Å². The number of aryl methyl sites for hydroxylation is 1. The van der Waals surface area contributed by atoms with Gasteiger partial charge in [-0.2, -0.15) is 0 Å². The van der Waals surface area contributed by atoms with E-state index in [1.807, 2.05) is 66.4 Å². The summed E-state index contributed by atoms with van der Waals surface area (Å²) in [5, 5.41) is 19.5. The van der Waals surface area contributed by atoms with Crippen molar-refractivity contribution in [2.24, 2.45) is 5.92 Å². The molecule has 2 aromatic carbocycles. The van der Waals surface area contributed by atoms with Gasteiger partial charge in [-0.3, -0.25) is 14.8 Å². The summed E-state index contributed by atoms with van der Waals surface area (Å²) in [7, 11) is 0. The summed E-state index contributed by atoms with van der Waals surface area (Å²) >= 11 is 0. The van der Waals surface area contributed by atoms with Crippen LogP contribution in [-0.2, 0) is 27.2 Å². The largest absolute Gasteiger partial charge is 0.494 e. The number of morpholine rings is 1. The van der Waals surface area contributed by atoms with Crippen molar-refractivity contribution in [2.75, 3.05) is 33.0 Å². The molecule has 0 unspecified atom stereocenters. The third-order valence-corrected chi connectivity index (χ3v) is 6.14. The molecule has 0 aliphatic carbocycles. The van der Waals surface area contributed by atoms with Crippen LogP contribution in [0.15, 0.2) is 54.6 Å². The highest BCUT2D eigenvalue weighted by Crippen LogP contribution is 2.23. The van der Waals surface area contributed by atoms with Gasteiger partial charge in [-0.1, -0.05) is 48.1 Å². The number of benzene rings is 2. The molecule has 2 aromatic rings. The molecule has 1 fully saturated rings. The van der Waals surface area contributed by atoms with Crippen molar-refractivity contribution in [3.05, 3.63) is 65.7 Å².